The zero-order valence-electron chi connectivity index (χ0n) is 8.73. The van der Waals surface area contributed by atoms with Crippen molar-refractivity contribution in [1.29, 1.82) is 0 Å². The maximum atomic E-state index is 11.6. The van der Waals surface area contributed by atoms with Crippen LogP contribution in [-0.2, 0) is 9.59 Å². The number of allylic oxidation sites excluding steroid dienone is 2. The highest BCUT2D eigenvalue weighted by molar-refractivity contribution is 6.46. The fraction of sp³-hybridized carbons (Fsp3) is 0.500. The number of hydrogen-bond donors (Lipinski definition) is 0. The maximum absolute atomic E-state index is 11.6. The largest absolute Gasteiger partial charge is 0.274 e. The third-order valence-corrected chi connectivity index (χ3v) is 4.07. The average molecular weight is 238 g/mol. The van der Waals surface area contributed by atoms with Crippen molar-refractivity contribution in [2.24, 2.45) is 17.8 Å². The second kappa shape index (κ2) is 3.45. The van der Waals surface area contributed by atoms with Gasteiger partial charge in [-0.15, -0.1) is 0 Å². The van der Waals surface area contributed by atoms with E-state index in [1.54, 1.807) is 0 Å². The van der Waals surface area contributed by atoms with E-state index in [9.17, 15) is 9.59 Å². The van der Waals surface area contributed by atoms with Crippen LogP contribution in [0, 0.1) is 17.8 Å². The van der Waals surface area contributed by atoms with Crippen molar-refractivity contribution >= 4 is 23.4 Å². The number of halogens is 1. The van der Waals surface area contributed by atoms with Crippen LogP contribution in [0.4, 0.5) is 0 Å². The molecular formula is C12H12ClNO2. The molecule has 84 valence electrons. The van der Waals surface area contributed by atoms with Gasteiger partial charge in [0.25, 0.3) is 11.8 Å². The molecule has 2 bridgehead atoms. The van der Waals surface area contributed by atoms with Crippen LogP contribution in [0.15, 0.2) is 23.3 Å². The molecule has 0 aromatic carbocycles. The Morgan fingerprint density at radius 3 is 2.62 bits per heavy atom. The maximum Gasteiger partial charge on any atom is 0.272 e. The molecule has 0 radical (unpaired) electrons. The highest BCUT2D eigenvalue weighted by Crippen LogP contribution is 2.44. The van der Waals surface area contributed by atoms with Crippen LogP contribution in [0.25, 0.3) is 0 Å². The minimum absolute atomic E-state index is 0.0451. The lowest BCUT2D eigenvalue weighted by atomic mass is 9.93. The summed E-state index contributed by atoms with van der Waals surface area (Å²) in [5, 5.41) is 0.0451. The predicted octanol–water partition coefficient (Wildman–Crippen LogP) is 1.69. The van der Waals surface area contributed by atoms with Gasteiger partial charge in [0.15, 0.2) is 0 Å². The molecule has 0 aromatic rings. The van der Waals surface area contributed by atoms with Crippen molar-refractivity contribution in [3.05, 3.63) is 23.3 Å². The molecule has 3 atom stereocenters. The molecule has 2 aliphatic carbocycles. The van der Waals surface area contributed by atoms with Crippen LogP contribution in [-0.4, -0.2) is 23.3 Å². The van der Waals surface area contributed by atoms with E-state index in [2.05, 4.69) is 12.2 Å². The van der Waals surface area contributed by atoms with Crippen molar-refractivity contribution in [3.8, 4) is 0 Å². The van der Waals surface area contributed by atoms with Crippen molar-refractivity contribution in [2.45, 2.75) is 12.8 Å². The van der Waals surface area contributed by atoms with Gasteiger partial charge in [0.1, 0.15) is 5.03 Å². The Labute approximate surface area is 98.7 Å². The van der Waals surface area contributed by atoms with Crippen molar-refractivity contribution in [2.75, 3.05) is 6.54 Å². The van der Waals surface area contributed by atoms with Crippen molar-refractivity contribution < 1.29 is 9.59 Å². The summed E-state index contributed by atoms with van der Waals surface area (Å²) >= 11 is 5.65. The molecule has 1 fully saturated rings. The number of carbonyl (C=O) groups is 2. The Morgan fingerprint density at radius 2 is 2.12 bits per heavy atom. The lowest BCUT2D eigenvalue weighted by Crippen LogP contribution is -2.36. The number of fused-ring (bicyclic) bond motifs is 2. The van der Waals surface area contributed by atoms with Crippen LogP contribution >= 0.6 is 11.6 Å². The Bertz CT molecular complexity index is 427. The molecule has 16 heavy (non-hydrogen) atoms. The first kappa shape index (κ1) is 10.1. The van der Waals surface area contributed by atoms with Crippen molar-refractivity contribution in [1.82, 2.24) is 4.90 Å². The van der Waals surface area contributed by atoms with Crippen LogP contribution in [0.5, 0.6) is 0 Å². The SMILES string of the molecule is O=C1C=C(Cl)C(=O)N1CC1CC2C=CC1C2. The topological polar surface area (TPSA) is 37.4 Å². The number of hydrogen-bond acceptors (Lipinski definition) is 2. The smallest absolute Gasteiger partial charge is 0.272 e. The zero-order valence-corrected chi connectivity index (χ0v) is 9.48. The molecule has 0 spiro atoms. The minimum atomic E-state index is -0.335. The molecule has 2 amide bonds. The summed E-state index contributed by atoms with van der Waals surface area (Å²) in [6.45, 7) is 0.524. The predicted molar refractivity (Wildman–Crippen MR) is 59.5 cm³/mol. The van der Waals surface area contributed by atoms with E-state index >= 15 is 0 Å². The van der Waals surface area contributed by atoms with Gasteiger partial charge in [-0.25, -0.2) is 0 Å². The molecular weight excluding hydrogens is 226 g/mol. The molecule has 1 heterocycles. The summed E-state index contributed by atoms with van der Waals surface area (Å²) in [4.78, 5) is 24.4. The quantitative estimate of drug-likeness (QED) is 0.542. The molecule has 3 nitrogen and oxygen atoms in total. The molecule has 0 saturated heterocycles. The summed E-state index contributed by atoms with van der Waals surface area (Å²) in [6, 6.07) is 0. The van der Waals surface area contributed by atoms with Gasteiger partial charge in [0.2, 0.25) is 0 Å². The monoisotopic (exact) mass is 237 g/mol. The zero-order chi connectivity index (χ0) is 11.3. The van der Waals surface area contributed by atoms with E-state index in [0.29, 0.717) is 24.3 Å². The Balaban J connectivity index is 1.71. The van der Waals surface area contributed by atoms with E-state index < -0.39 is 0 Å². The highest BCUT2D eigenvalue weighted by atomic mass is 35.5. The number of rotatable bonds is 2. The second-order valence-corrected chi connectivity index (χ2v) is 5.19. The van der Waals surface area contributed by atoms with Gasteiger partial charge in [-0.05, 0) is 30.6 Å². The van der Waals surface area contributed by atoms with Gasteiger partial charge in [0.05, 0.1) is 0 Å². The molecule has 4 heteroatoms. The van der Waals surface area contributed by atoms with Crippen LogP contribution in [0.3, 0.4) is 0 Å². The summed E-state index contributed by atoms with van der Waals surface area (Å²) < 4.78 is 0. The fourth-order valence-corrected chi connectivity index (χ4v) is 3.18. The lowest BCUT2D eigenvalue weighted by molar-refractivity contribution is -0.137. The van der Waals surface area contributed by atoms with Gasteiger partial charge in [-0.1, -0.05) is 23.8 Å². The number of imide groups is 1. The number of nitrogens with zero attached hydrogens (tertiary/aromatic N) is 1. The molecule has 3 rings (SSSR count). The number of carbonyl (C=O) groups excluding carboxylic acids is 2. The summed E-state index contributed by atoms with van der Waals surface area (Å²) in [6.07, 6.45) is 7.96. The molecule has 1 aliphatic heterocycles. The van der Waals surface area contributed by atoms with Crippen LogP contribution in [0.2, 0.25) is 0 Å². The third kappa shape index (κ3) is 1.42. The second-order valence-electron chi connectivity index (χ2n) is 4.79. The molecule has 3 aliphatic rings. The third-order valence-electron chi connectivity index (χ3n) is 3.80. The van der Waals surface area contributed by atoms with E-state index in [1.165, 1.54) is 17.4 Å². The van der Waals surface area contributed by atoms with E-state index in [-0.39, 0.29) is 16.8 Å². The first-order chi connectivity index (χ1) is 7.65. The molecule has 0 N–H and O–H groups in total. The summed E-state index contributed by atoms with van der Waals surface area (Å²) in [5.41, 5.74) is 0. The molecule has 0 aromatic heterocycles. The van der Waals surface area contributed by atoms with Gasteiger partial charge in [-0.3, -0.25) is 14.5 Å². The van der Waals surface area contributed by atoms with Gasteiger partial charge in [-0.2, -0.15) is 0 Å². The standard InChI is InChI=1S/C12H12ClNO2/c13-10-5-11(15)14(12(10)16)6-9-4-7-1-2-8(9)3-7/h1-2,5,7-9H,3-4,6H2. The fourth-order valence-electron chi connectivity index (χ4n) is 2.99. The normalized spacial score (nSPS) is 36.4. The Kier molecular flexibility index (Phi) is 2.18. The molecule has 3 unspecified atom stereocenters. The van der Waals surface area contributed by atoms with Crippen LogP contribution < -0.4 is 0 Å². The van der Waals surface area contributed by atoms with Gasteiger partial charge in [0, 0.05) is 12.6 Å². The summed E-state index contributed by atoms with van der Waals surface area (Å²) in [7, 11) is 0. The van der Waals surface area contributed by atoms with E-state index in [4.69, 9.17) is 11.6 Å². The Hall–Kier alpha value is -1.09. The van der Waals surface area contributed by atoms with Gasteiger partial charge >= 0.3 is 0 Å². The Morgan fingerprint density at radius 1 is 1.31 bits per heavy atom. The first-order valence-corrected chi connectivity index (χ1v) is 5.94. The van der Waals surface area contributed by atoms with Gasteiger partial charge < -0.3 is 0 Å². The molecule has 1 saturated carbocycles. The minimum Gasteiger partial charge on any atom is -0.274 e. The van der Waals surface area contributed by atoms with E-state index in [0.717, 1.165) is 6.42 Å². The average Bonchev–Trinajstić information content (AvgIpc) is 2.90. The lowest BCUT2D eigenvalue weighted by Gasteiger charge is -2.23. The summed E-state index contributed by atoms with van der Waals surface area (Å²) in [5.74, 6) is 1.04. The van der Waals surface area contributed by atoms with Crippen molar-refractivity contribution in [3.63, 3.8) is 0 Å². The number of amides is 2. The highest BCUT2D eigenvalue weighted by Gasteiger charge is 2.39. The van der Waals surface area contributed by atoms with E-state index in [1.807, 2.05) is 0 Å². The van der Waals surface area contributed by atoms with Crippen LogP contribution in [0.1, 0.15) is 12.8 Å². The first-order valence-electron chi connectivity index (χ1n) is 5.56.